The molecular formula is C9H11N3O. The molecule has 0 amide bonds. The van der Waals surface area contributed by atoms with Crippen molar-refractivity contribution in [3.8, 4) is 0 Å². The van der Waals surface area contributed by atoms with Gasteiger partial charge in [0.25, 0.3) is 0 Å². The molecule has 2 rings (SSSR count). The standard InChI is InChI=1S/C9H11N3O/c10-5-8(13)9-6-3-1-2-4-7(6)11-12-9/h1-4,8,13H,5,10H2,(H,11,12)/t8-/m1/s1. The van der Waals surface area contributed by atoms with E-state index < -0.39 is 6.10 Å². The average molecular weight is 177 g/mol. The minimum atomic E-state index is -0.660. The molecule has 4 heteroatoms. The van der Waals surface area contributed by atoms with Crippen LogP contribution in [-0.2, 0) is 0 Å². The molecule has 68 valence electrons. The summed E-state index contributed by atoms with van der Waals surface area (Å²) in [7, 11) is 0. The number of nitrogens with one attached hydrogen (secondary N) is 1. The van der Waals surface area contributed by atoms with Crippen LogP contribution in [0.4, 0.5) is 0 Å². The summed E-state index contributed by atoms with van der Waals surface area (Å²) >= 11 is 0. The van der Waals surface area contributed by atoms with Gasteiger partial charge in [-0.2, -0.15) is 5.10 Å². The number of aliphatic hydroxyl groups is 1. The third kappa shape index (κ3) is 1.30. The Hall–Kier alpha value is -1.39. The second kappa shape index (κ2) is 3.16. The van der Waals surface area contributed by atoms with Gasteiger partial charge in [-0.15, -0.1) is 0 Å². The topological polar surface area (TPSA) is 74.9 Å². The molecule has 0 aliphatic rings. The second-order valence-electron chi connectivity index (χ2n) is 2.91. The molecule has 0 saturated carbocycles. The summed E-state index contributed by atoms with van der Waals surface area (Å²) in [6.07, 6.45) is -0.660. The van der Waals surface area contributed by atoms with Gasteiger partial charge in [-0.3, -0.25) is 5.10 Å². The van der Waals surface area contributed by atoms with Crippen LogP contribution in [-0.4, -0.2) is 21.8 Å². The molecule has 0 aliphatic heterocycles. The van der Waals surface area contributed by atoms with Gasteiger partial charge in [0.1, 0.15) is 6.10 Å². The molecule has 0 fully saturated rings. The zero-order valence-electron chi connectivity index (χ0n) is 7.07. The van der Waals surface area contributed by atoms with Crippen LogP contribution in [0.1, 0.15) is 11.8 Å². The van der Waals surface area contributed by atoms with Gasteiger partial charge in [-0.05, 0) is 6.07 Å². The zero-order chi connectivity index (χ0) is 9.26. The molecule has 0 bridgehead atoms. The first kappa shape index (κ1) is 8.22. The molecule has 1 atom stereocenters. The smallest absolute Gasteiger partial charge is 0.108 e. The lowest BCUT2D eigenvalue weighted by Crippen LogP contribution is -2.12. The Morgan fingerprint density at radius 1 is 1.46 bits per heavy atom. The first-order valence-electron chi connectivity index (χ1n) is 4.14. The van der Waals surface area contributed by atoms with Crippen molar-refractivity contribution in [2.24, 2.45) is 5.73 Å². The Kier molecular flexibility index (Phi) is 2.00. The van der Waals surface area contributed by atoms with E-state index in [0.29, 0.717) is 5.69 Å². The molecule has 1 aromatic heterocycles. The van der Waals surface area contributed by atoms with E-state index in [0.717, 1.165) is 10.9 Å². The van der Waals surface area contributed by atoms with Crippen LogP contribution < -0.4 is 5.73 Å². The maximum atomic E-state index is 9.52. The highest BCUT2D eigenvalue weighted by Gasteiger charge is 2.11. The lowest BCUT2D eigenvalue weighted by molar-refractivity contribution is 0.183. The van der Waals surface area contributed by atoms with Gasteiger partial charge in [0, 0.05) is 11.9 Å². The van der Waals surface area contributed by atoms with Gasteiger partial charge in [0.2, 0.25) is 0 Å². The van der Waals surface area contributed by atoms with Crippen molar-refractivity contribution in [2.75, 3.05) is 6.54 Å². The predicted molar refractivity (Wildman–Crippen MR) is 50.1 cm³/mol. The van der Waals surface area contributed by atoms with Crippen molar-refractivity contribution in [1.29, 1.82) is 0 Å². The van der Waals surface area contributed by atoms with Gasteiger partial charge >= 0.3 is 0 Å². The van der Waals surface area contributed by atoms with Gasteiger partial charge in [-0.1, -0.05) is 18.2 Å². The van der Waals surface area contributed by atoms with Crippen LogP contribution in [0.3, 0.4) is 0 Å². The number of rotatable bonds is 2. The highest BCUT2D eigenvalue weighted by atomic mass is 16.3. The maximum absolute atomic E-state index is 9.52. The molecular weight excluding hydrogens is 166 g/mol. The molecule has 1 aromatic carbocycles. The summed E-state index contributed by atoms with van der Waals surface area (Å²) in [5.41, 5.74) is 6.90. The number of aromatic amines is 1. The highest BCUT2D eigenvalue weighted by Crippen LogP contribution is 2.20. The molecule has 0 saturated heterocycles. The van der Waals surface area contributed by atoms with Crippen LogP contribution in [0.15, 0.2) is 24.3 Å². The van der Waals surface area contributed by atoms with E-state index in [1.54, 1.807) is 0 Å². The van der Waals surface area contributed by atoms with E-state index in [2.05, 4.69) is 10.2 Å². The summed E-state index contributed by atoms with van der Waals surface area (Å²) in [5, 5.41) is 17.3. The minimum Gasteiger partial charge on any atom is -0.385 e. The van der Waals surface area contributed by atoms with Crippen molar-refractivity contribution in [3.05, 3.63) is 30.0 Å². The van der Waals surface area contributed by atoms with Crippen molar-refractivity contribution in [1.82, 2.24) is 10.2 Å². The number of hydrogen-bond acceptors (Lipinski definition) is 3. The summed E-state index contributed by atoms with van der Waals surface area (Å²) in [6.45, 7) is 0.201. The van der Waals surface area contributed by atoms with Crippen LogP contribution in [0, 0.1) is 0 Å². The number of H-pyrrole nitrogens is 1. The van der Waals surface area contributed by atoms with Gasteiger partial charge in [-0.25, -0.2) is 0 Å². The molecule has 4 nitrogen and oxygen atoms in total. The minimum absolute atomic E-state index is 0.201. The zero-order valence-corrected chi connectivity index (χ0v) is 7.07. The van der Waals surface area contributed by atoms with E-state index in [1.807, 2.05) is 24.3 Å². The first-order chi connectivity index (χ1) is 6.33. The number of aromatic nitrogens is 2. The molecule has 1 heterocycles. The van der Waals surface area contributed by atoms with E-state index >= 15 is 0 Å². The molecule has 4 N–H and O–H groups in total. The molecule has 0 unspecified atom stereocenters. The van der Waals surface area contributed by atoms with Gasteiger partial charge in [0.05, 0.1) is 11.2 Å². The molecule has 13 heavy (non-hydrogen) atoms. The Morgan fingerprint density at radius 2 is 2.23 bits per heavy atom. The number of aliphatic hydroxyl groups excluding tert-OH is 1. The van der Waals surface area contributed by atoms with Crippen molar-refractivity contribution >= 4 is 10.9 Å². The van der Waals surface area contributed by atoms with E-state index in [1.165, 1.54) is 0 Å². The number of fused-ring (bicyclic) bond motifs is 1. The third-order valence-electron chi connectivity index (χ3n) is 2.05. The quantitative estimate of drug-likeness (QED) is 0.627. The fraction of sp³-hybridized carbons (Fsp3) is 0.222. The van der Waals surface area contributed by atoms with Crippen LogP contribution in [0.2, 0.25) is 0 Å². The largest absolute Gasteiger partial charge is 0.385 e. The monoisotopic (exact) mass is 177 g/mol. The first-order valence-corrected chi connectivity index (χ1v) is 4.14. The Balaban J connectivity index is 2.57. The number of nitrogens with zero attached hydrogens (tertiary/aromatic N) is 1. The average Bonchev–Trinajstić information content (AvgIpc) is 2.60. The predicted octanol–water partition coefficient (Wildman–Crippen LogP) is 0.555. The van der Waals surface area contributed by atoms with E-state index in [4.69, 9.17) is 5.73 Å². The number of nitrogens with two attached hydrogens (primary N) is 1. The Labute approximate surface area is 75.4 Å². The SMILES string of the molecule is NC[C@@H](O)c1[nH]nc2ccccc12. The lowest BCUT2D eigenvalue weighted by atomic mass is 10.1. The van der Waals surface area contributed by atoms with Crippen LogP contribution >= 0.6 is 0 Å². The molecule has 2 aromatic rings. The lowest BCUT2D eigenvalue weighted by Gasteiger charge is -2.03. The molecule has 0 aliphatic carbocycles. The van der Waals surface area contributed by atoms with Crippen molar-refractivity contribution in [2.45, 2.75) is 6.10 Å². The van der Waals surface area contributed by atoms with Crippen molar-refractivity contribution < 1.29 is 5.11 Å². The number of benzene rings is 1. The third-order valence-corrected chi connectivity index (χ3v) is 2.05. The van der Waals surface area contributed by atoms with Gasteiger partial charge < -0.3 is 10.8 Å². The summed E-state index contributed by atoms with van der Waals surface area (Å²) in [5.74, 6) is 0. The van der Waals surface area contributed by atoms with Crippen LogP contribution in [0.5, 0.6) is 0 Å². The van der Waals surface area contributed by atoms with Crippen molar-refractivity contribution in [3.63, 3.8) is 0 Å². The molecule has 0 spiro atoms. The second-order valence-corrected chi connectivity index (χ2v) is 2.91. The fourth-order valence-corrected chi connectivity index (χ4v) is 1.35. The summed E-state index contributed by atoms with van der Waals surface area (Å²) < 4.78 is 0. The maximum Gasteiger partial charge on any atom is 0.108 e. The van der Waals surface area contributed by atoms with Crippen LogP contribution in [0.25, 0.3) is 10.9 Å². The Bertz CT molecular complexity index is 410. The number of para-hydroxylation sites is 1. The van der Waals surface area contributed by atoms with E-state index in [-0.39, 0.29) is 6.54 Å². The molecule has 0 radical (unpaired) electrons. The summed E-state index contributed by atoms with van der Waals surface area (Å²) in [4.78, 5) is 0. The van der Waals surface area contributed by atoms with Gasteiger partial charge in [0.15, 0.2) is 0 Å². The fourth-order valence-electron chi connectivity index (χ4n) is 1.35. The summed E-state index contributed by atoms with van der Waals surface area (Å²) in [6, 6.07) is 7.61. The Morgan fingerprint density at radius 3 is 3.00 bits per heavy atom. The van der Waals surface area contributed by atoms with E-state index in [9.17, 15) is 5.11 Å². The highest BCUT2D eigenvalue weighted by molar-refractivity contribution is 5.81. The normalized spacial score (nSPS) is 13.4. The number of hydrogen-bond donors (Lipinski definition) is 3.